The van der Waals surface area contributed by atoms with E-state index in [1.54, 1.807) is 0 Å². The fraction of sp³-hybridized carbons (Fsp3) is 0.562. The third-order valence-electron chi connectivity index (χ3n) is 3.98. The zero-order valence-corrected chi connectivity index (χ0v) is 12.1. The van der Waals surface area contributed by atoms with E-state index in [9.17, 15) is 0 Å². The van der Waals surface area contributed by atoms with Crippen molar-refractivity contribution in [2.45, 2.75) is 45.7 Å². The van der Waals surface area contributed by atoms with E-state index in [0.717, 1.165) is 19.5 Å². The van der Waals surface area contributed by atoms with Crippen LogP contribution in [0.3, 0.4) is 0 Å². The summed E-state index contributed by atoms with van der Waals surface area (Å²) in [5.41, 5.74) is 4.12. The highest BCUT2D eigenvalue weighted by Gasteiger charge is 2.26. The minimum absolute atomic E-state index is 0.283. The lowest BCUT2D eigenvalue weighted by Crippen LogP contribution is -2.55. The SMILES string of the molecule is CCc1cccc(C)c1N1CC(CC#N)NCC1C. The molecule has 0 radical (unpaired) electrons. The Morgan fingerprint density at radius 2 is 2.26 bits per heavy atom. The number of nitrogens with zero attached hydrogens (tertiary/aromatic N) is 2. The highest BCUT2D eigenvalue weighted by molar-refractivity contribution is 5.60. The van der Waals surface area contributed by atoms with Gasteiger partial charge in [-0.05, 0) is 31.4 Å². The Kier molecular flexibility index (Phi) is 4.44. The van der Waals surface area contributed by atoms with Crippen molar-refractivity contribution in [3.05, 3.63) is 29.3 Å². The molecule has 1 heterocycles. The van der Waals surface area contributed by atoms with E-state index >= 15 is 0 Å². The van der Waals surface area contributed by atoms with Crippen LogP contribution in [0.2, 0.25) is 0 Å². The number of rotatable bonds is 3. The monoisotopic (exact) mass is 257 g/mol. The van der Waals surface area contributed by atoms with Gasteiger partial charge in [0.1, 0.15) is 0 Å². The van der Waals surface area contributed by atoms with Crippen LogP contribution in [0.15, 0.2) is 18.2 Å². The first-order chi connectivity index (χ1) is 9.17. The molecule has 0 aromatic heterocycles. The summed E-state index contributed by atoms with van der Waals surface area (Å²) in [6, 6.07) is 9.57. The summed E-state index contributed by atoms with van der Waals surface area (Å²) >= 11 is 0. The van der Waals surface area contributed by atoms with Gasteiger partial charge in [-0.3, -0.25) is 0 Å². The molecule has 1 aromatic rings. The van der Waals surface area contributed by atoms with Gasteiger partial charge < -0.3 is 10.2 Å². The first-order valence-corrected chi connectivity index (χ1v) is 7.12. The van der Waals surface area contributed by atoms with Gasteiger partial charge in [0.25, 0.3) is 0 Å². The number of para-hydroxylation sites is 1. The Hall–Kier alpha value is -1.53. The van der Waals surface area contributed by atoms with Crippen molar-refractivity contribution in [2.75, 3.05) is 18.0 Å². The molecule has 0 aliphatic carbocycles. The average molecular weight is 257 g/mol. The Labute approximate surface area is 116 Å². The number of anilines is 1. The summed E-state index contributed by atoms with van der Waals surface area (Å²) in [5, 5.41) is 12.4. The number of nitrogens with one attached hydrogen (secondary N) is 1. The number of piperazine rings is 1. The summed E-state index contributed by atoms with van der Waals surface area (Å²) in [7, 11) is 0. The summed E-state index contributed by atoms with van der Waals surface area (Å²) < 4.78 is 0. The van der Waals surface area contributed by atoms with E-state index in [1.807, 2.05) is 0 Å². The Balaban J connectivity index is 2.31. The second-order valence-electron chi connectivity index (χ2n) is 5.40. The molecule has 1 aliphatic heterocycles. The van der Waals surface area contributed by atoms with Gasteiger partial charge in [0, 0.05) is 30.9 Å². The van der Waals surface area contributed by atoms with Gasteiger partial charge >= 0.3 is 0 Å². The van der Waals surface area contributed by atoms with Gasteiger partial charge in [0.05, 0.1) is 12.5 Å². The van der Waals surface area contributed by atoms with E-state index in [2.05, 4.69) is 55.3 Å². The molecule has 0 bridgehead atoms. The average Bonchev–Trinajstić information content (AvgIpc) is 2.41. The van der Waals surface area contributed by atoms with Crippen LogP contribution in [0, 0.1) is 18.3 Å². The normalized spacial score (nSPS) is 23.2. The van der Waals surface area contributed by atoms with Gasteiger partial charge in [-0.15, -0.1) is 0 Å². The molecule has 1 fully saturated rings. The number of aryl methyl sites for hydroxylation is 2. The van der Waals surface area contributed by atoms with Gasteiger partial charge in [0.2, 0.25) is 0 Å². The van der Waals surface area contributed by atoms with Crippen molar-refractivity contribution < 1.29 is 0 Å². The van der Waals surface area contributed by atoms with Crippen molar-refractivity contribution in [3.8, 4) is 6.07 Å². The first-order valence-electron chi connectivity index (χ1n) is 7.12. The molecule has 2 rings (SSSR count). The van der Waals surface area contributed by atoms with Crippen molar-refractivity contribution in [1.82, 2.24) is 5.32 Å². The van der Waals surface area contributed by atoms with E-state index in [1.165, 1.54) is 16.8 Å². The zero-order valence-electron chi connectivity index (χ0n) is 12.1. The second-order valence-corrected chi connectivity index (χ2v) is 5.40. The van der Waals surface area contributed by atoms with E-state index < -0.39 is 0 Å². The van der Waals surface area contributed by atoms with Crippen LogP contribution in [-0.4, -0.2) is 25.2 Å². The molecule has 102 valence electrons. The van der Waals surface area contributed by atoms with E-state index in [-0.39, 0.29) is 6.04 Å². The molecule has 1 N–H and O–H groups in total. The maximum atomic E-state index is 8.89. The van der Waals surface area contributed by atoms with E-state index in [0.29, 0.717) is 12.5 Å². The summed E-state index contributed by atoms with van der Waals surface area (Å²) in [5.74, 6) is 0. The number of hydrogen-bond acceptors (Lipinski definition) is 3. The highest BCUT2D eigenvalue weighted by atomic mass is 15.2. The molecule has 19 heavy (non-hydrogen) atoms. The molecule has 0 saturated carbocycles. The molecule has 3 nitrogen and oxygen atoms in total. The smallest absolute Gasteiger partial charge is 0.0638 e. The van der Waals surface area contributed by atoms with Gasteiger partial charge in [-0.25, -0.2) is 0 Å². The summed E-state index contributed by atoms with van der Waals surface area (Å²) in [6.07, 6.45) is 1.63. The minimum atomic E-state index is 0.283. The zero-order chi connectivity index (χ0) is 13.8. The van der Waals surface area contributed by atoms with E-state index in [4.69, 9.17) is 5.26 Å². The lowest BCUT2D eigenvalue weighted by atomic mass is 10.00. The topological polar surface area (TPSA) is 39.1 Å². The predicted molar refractivity (Wildman–Crippen MR) is 79.4 cm³/mol. The van der Waals surface area contributed by atoms with Gasteiger partial charge in [-0.2, -0.15) is 5.26 Å². The molecular weight excluding hydrogens is 234 g/mol. The van der Waals surface area contributed by atoms with Crippen molar-refractivity contribution in [3.63, 3.8) is 0 Å². The Bertz CT molecular complexity index is 475. The Morgan fingerprint density at radius 1 is 1.47 bits per heavy atom. The third kappa shape index (κ3) is 2.90. The third-order valence-corrected chi connectivity index (χ3v) is 3.98. The van der Waals surface area contributed by atoms with Crippen molar-refractivity contribution in [2.24, 2.45) is 0 Å². The molecule has 2 atom stereocenters. The fourth-order valence-corrected chi connectivity index (χ4v) is 2.90. The maximum absolute atomic E-state index is 8.89. The standard InChI is InChI=1S/C16H23N3/c1-4-14-7-5-6-12(2)16(14)19-11-15(8-9-17)18-10-13(19)3/h5-7,13,15,18H,4,8,10-11H2,1-3H3. The number of benzene rings is 1. The minimum Gasteiger partial charge on any atom is -0.366 e. The van der Waals surface area contributed by atoms with Crippen LogP contribution >= 0.6 is 0 Å². The largest absolute Gasteiger partial charge is 0.366 e. The number of nitriles is 1. The summed E-state index contributed by atoms with van der Waals surface area (Å²) in [4.78, 5) is 2.48. The quantitative estimate of drug-likeness (QED) is 0.904. The lowest BCUT2D eigenvalue weighted by molar-refractivity contribution is 0.408. The second kappa shape index (κ2) is 6.08. The fourth-order valence-electron chi connectivity index (χ4n) is 2.90. The molecule has 1 aromatic carbocycles. The lowest BCUT2D eigenvalue weighted by Gasteiger charge is -2.41. The van der Waals surface area contributed by atoms with Crippen LogP contribution in [-0.2, 0) is 6.42 Å². The van der Waals surface area contributed by atoms with Crippen LogP contribution in [0.5, 0.6) is 0 Å². The molecule has 2 unspecified atom stereocenters. The van der Waals surface area contributed by atoms with Gasteiger partial charge in [-0.1, -0.05) is 25.1 Å². The molecule has 1 saturated heterocycles. The first kappa shape index (κ1) is 13.9. The number of hydrogen-bond donors (Lipinski definition) is 1. The van der Waals surface area contributed by atoms with Crippen LogP contribution in [0.25, 0.3) is 0 Å². The molecule has 3 heteroatoms. The van der Waals surface area contributed by atoms with Crippen molar-refractivity contribution in [1.29, 1.82) is 5.26 Å². The molecular formula is C16H23N3. The van der Waals surface area contributed by atoms with Crippen molar-refractivity contribution >= 4 is 5.69 Å². The summed E-state index contributed by atoms with van der Waals surface area (Å²) in [6.45, 7) is 8.51. The predicted octanol–water partition coefficient (Wildman–Crippen LogP) is 2.64. The van der Waals surface area contributed by atoms with Gasteiger partial charge in [0.15, 0.2) is 0 Å². The highest BCUT2D eigenvalue weighted by Crippen LogP contribution is 2.29. The Morgan fingerprint density at radius 3 is 2.95 bits per heavy atom. The van der Waals surface area contributed by atoms with Crippen LogP contribution in [0.4, 0.5) is 5.69 Å². The molecule has 0 amide bonds. The maximum Gasteiger partial charge on any atom is 0.0638 e. The molecule has 0 spiro atoms. The van der Waals surface area contributed by atoms with Crippen LogP contribution in [0.1, 0.15) is 31.4 Å². The van der Waals surface area contributed by atoms with Crippen LogP contribution < -0.4 is 10.2 Å². The molecule has 1 aliphatic rings.